The average Bonchev–Trinajstić information content (AvgIpc) is 2.61. The molecule has 0 unspecified atom stereocenters. The number of amides is 1. The van der Waals surface area contributed by atoms with Crippen LogP contribution in [-0.2, 0) is 4.74 Å². The largest absolute Gasteiger partial charge is 0.478 e. The molecule has 0 spiro atoms. The summed E-state index contributed by atoms with van der Waals surface area (Å²) >= 11 is 0. The van der Waals surface area contributed by atoms with Crippen LogP contribution in [0.1, 0.15) is 22.3 Å². The highest BCUT2D eigenvalue weighted by Gasteiger charge is 2.09. The number of ether oxygens (including phenoxy) is 2. The van der Waals surface area contributed by atoms with Gasteiger partial charge in [0.2, 0.25) is 5.88 Å². The maximum atomic E-state index is 13.3. The van der Waals surface area contributed by atoms with Crippen molar-refractivity contribution >= 4 is 11.6 Å². The molecule has 7 heteroatoms. The lowest BCUT2D eigenvalue weighted by atomic mass is 10.2. The summed E-state index contributed by atoms with van der Waals surface area (Å²) in [6.07, 6.45) is 2.13. The number of pyridine rings is 1. The first-order valence-corrected chi connectivity index (χ1v) is 7.23. The standard InChI is InChI=1S/C17H16FN3O3/c1-23-7-2-8-24-16-6-3-12(11-20-16)17(22)21-14-4-5-15(18)13(9-14)10-19/h3-6,9,11H,2,7-8H2,1H3,(H,21,22). The highest BCUT2D eigenvalue weighted by molar-refractivity contribution is 6.04. The minimum atomic E-state index is -0.632. The summed E-state index contributed by atoms with van der Waals surface area (Å²) in [5.74, 6) is -0.632. The molecular weight excluding hydrogens is 313 g/mol. The monoisotopic (exact) mass is 329 g/mol. The zero-order valence-corrected chi connectivity index (χ0v) is 13.1. The van der Waals surface area contributed by atoms with E-state index in [-0.39, 0.29) is 5.56 Å². The van der Waals surface area contributed by atoms with E-state index < -0.39 is 11.7 Å². The van der Waals surface area contributed by atoms with Crippen molar-refractivity contribution < 1.29 is 18.7 Å². The first kappa shape index (κ1) is 17.4. The number of methoxy groups -OCH3 is 1. The Labute approximate surface area is 138 Å². The van der Waals surface area contributed by atoms with E-state index >= 15 is 0 Å². The van der Waals surface area contributed by atoms with Gasteiger partial charge in [0.15, 0.2) is 0 Å². The minimum Gasteiger partial charge on any atom is -0.478 e. The van der Waals surface area contributed by atoms with Gasteiger partial charge in [0.05, 0.1) is 17.7 Å². The topological polar surface area (TPSA) is 84.2 Å². The van der Waals surface area contributed by atoms with Crippen molar-refractivity contribution in [3.05, 3.63) is 53.5 Å². The number of nitrogens with one attached hydrogen (secondary N) is 1. The molecule has 1 aromatic heterocycles. The molecule has 2 aromatic rings. The van der Waals surface area contributed by atoms with Crippen LogP contribution in [0.3, 0.4) is 0 Å². The molecule has 0 aliphatic rings. The summed E-state index contributed by atoms with van der Waals surface area (Å²) in [7, 11) is 1.62. The Hall–Kier alpha value is -2.98. The van der Waals surface area contributed by atoms with Crippen LogP contribution in [0.25, 0.3) is 0 Å². The van der Waals surface area contributed by atoms with Crippen LogP contribution in [0, 0.1) is 17.1 Å². The van der Waals surface area contributed by atoms with E-state index in [9.17, 15) is 9.18 Å². The summed E-state index contributed by atoms with van der Waals surface area (Å²) in [4.78, 5) is 16.2. The highest BCUT2D eigenvalue weighted by atomic mass is 19.1. The fraction of sp³-hybridized carbons (Fsp3) is 0.235. The average molecular weight is 329 g/mol. The number of carbonyl (C=O) groups is 1. The summed E-state index contributed by atoms with van der Waals surface area (Å²) in [6, 6.07) is 8.67. The Morgan fingerprint density at radius 3 is 2.83 bits per heavy atom. The Balaban J connectivity index is 1.96. The molecule has 0 saturated heterocycles. The smallest absolute Gasteiger partial charge is 0.257 e. The van der Waals surface area contributed by atoms with Crippen molar-refractivity contribution in [1.82, 2.24) is 4.98 Å². The van der Waals surface area contributed by atoms with Crippen LogP contribution in [0.2, 0.25) is 0 Å². The molecule has 2 rings (SSSR count). The van der Waals surface area contributed by atoms with E-state index in [2.05, 4.69) is 10.3 Å². The van der Waals surface area contributed by atoms with Gasteiger partial charge in [0.1, 0.15) is 11.9 Å². The first-order chi connectivity index (χ1) is 11.6. The molecule has 124 valence electrons. The van der Waals surface area contributed by atoms with Crippen molar-refractivity contribution in [3.8, 4) is 11.9 Å². The minimum absolute atomic E-state index is 0.134. The van der Waals surface area contributed by atoms with Crippen molar-refractivity contribution in [3.63, 3.8) is 0 Å². The molecule has 0 aliphatic carbocycles. The predicted molar refractivity (Wildman–Crippen MR) is 85.3 cm³/mol. The number of nitriles is 1. The summed E-state index contributed by atoms with van der Waals surface area (Å²) in [6.45, 7) is 1.07. The maximum Gasteiger partial charge on any atom is 0.257 e. The normalized spacial score (nSPS) is 10.0. The van der Waals surface area contributed by atoms with Gasteiger partial charge in [-0.2, -0.15) is 5.26 Å². The quantitative estimate of drug-likeness (QED) is 0.790. The molecule has 6 nitrogen and oxygen atoms in total. The number of nitrogens with zero attached hydrogens (tertiary/aromatic N) is 2. The Kier molecular flexibility index (Phi) is 6.23. The Morgan fingerprint density at radius 1 is 1.33 bits per heavy atom. The van der Waals surface area contributed by atoms with E-state index in [0.29, 0.717) is 30.3 Å². The molecule has 0 saturated carbocycles. The first-order valence-electron chi connectivity index (χ1n) is 7.23. The molecule has 24 heavy (non-hydrogen) atoms. The van der Waals surface area contributed by atoms with E-state index in [1.165, 1.54) is 18.3 Å². The molecule has 0 atom stereocenters. The molecule has 1 heterocycles. The third kappa shape index (κ3) is 4.76. The maximum absolute atomic E-state index is 13.3. The molecule has 0 aliphatic heterocycles. The van der Waals surface area contributed by atoms with Gasteiger partial charge in [-0.25, -0.2) is 9.37 Å². The Bertz CT molecular complexity index is 742. The molecule has 1 aromatic carbocycles. The van der Waals surface area contributed by atoms with Gasteiger partial charge >= 0.3 is 0 Å². The number of hydrogen-bond acceptors (Lipinski definition) is 5. The number of hydrogen-bond donors (Lipinski definition) is 1. The van der Waals surface area contributed by atoms with Crippen LogP contribution in [0.4, 0.5) is 10.1 Å². The van der Waals surface area contributed by atoms with Crippen LogP contribution < -0.4 is 10.1 Å². The number of carbonyl (C=O) groups excluding carboxylic acids is 1. The number of halogens is 1. The number of anilines is 1. The van der Waals surface area contributed by atoms with E-state index in [0.717, 1.165) is 12.5 Å². The second kappa shape index (κ2) is 8.60. The zero-order valence-electron chi connectivity index (χ0n) is 13.1. The van der Waals surface area contributed by atoms with E-state index in [1.54, 1.807) is 25.3 Å². The molecule has 0 bridgehead atoms. The number of benzene rings is 1. The SMILES string of the molecule is COCCCOc1ccc(C(=O)Nc2ccc(F)c(C#N)c2)cn1. The highest BCUT2D eigenvalue weighted by Crippen LogP contribution is 2.15. The molecule has 0 radical (unpaired) electrons. The predicted octanol–water partition coefficient (Wildman–Crippen LogP) is 2.76. The fourth-order valence-corrected chi connectivity index (χ4v) is 1.87. The summed E-state index contributed by atoms with van der Waals surface area (Å²) < 4.78 is 23.6. The van der Waals surface area contributed by atoms with Crippen LogP contribution in [0.15, 0.2) is 36.5 Å². The van der Waals surface area contributed by atoms with Gasteiger partial charge in [0, 0.05) is 38.1 Å². The lowest BCUT2D eigenvalue weighted by molar-refractivity contribution is 0.102. The lowest BCUT2D eigenvalue weighted by Crippen LogP contribution is -2.12. The van der Waals surface area contributed by atoms with Gasteiger partial charge in [0.25, 0.3) is 5.91 Å². The molecule has 0 fully saturated rings. The van der Waals surface area contributed by atoms with E-state index in [4.69, 9.17) is 14.7 Å². The van der Waals surface area contributed by atoms with Gasteiger partial charge < -0.3 is 14.8 Å². The molecular formula is C17H16FN3O3. The van der Waals surface area contributed by atoms with E-state index in [1.807, 2.05) is 0 Å². The van der Waals surface area contributed by atoms with Crippen LogP contribution in [0.5, 0.6) is 5.88 Å². The third-order valence-corrected chi connectivity index (χ3v) is 3.09. The van der Waals surface area contributed by atoms with Crippen molar-refractivity contribution in [1.29, 1.82) is 5.26 Å². The third-order valence-electron chi connectivity index (χ3n) is 3.09. The molecule has 1 amide bonds. The second-order valence-electron chi connectivity index (χ2n) is 4.84. The van der Waals surface area contributed by atoms with Crippen LogP contribution in [-0.4, -0.2) is 31.2 Å². The van der Waals surface area contributed by atoms with Crippen LogP contribution >= 0.6 is 0 Å². The summed E-state index contributed by atoms with van der Waals surface area (Å²) in [5.41, 5.74) is 0.519. The van der Waals surface area contributed by atoms with Gasteiger partial charge in [-0.15, -0.1) is 0 Å². The zero-order chi connectivity index (χ0) is 17.4. The molecule has 1 N–H and O–H groups in total. The van der Waals surface area contributed by atoms with Crippen molar-refractivity contribution in [2.24, 2.45) is 0 Å². The van der Waals surface area contributed by atoms with Gasteiger partial charge in [-0.3, -0.25) is 4.79 Å². The lowest BCUT2D eigenvalue weighted by Gasteiger charge is -2.07. The second-order valence-corrected chi connectivity index (χ2v) is 4.84. The van der Waals surface area contributed by atoms with Crippen molar-refractivity contribution in [2.45, 2.75) is 6.42 Å². The van der Waals surface area contributed by atoms with Gasteiger partial charge in [-0.1, -0.05) is 0 Å². The fourth-order valence-electron chi connectivity index (χ4n) is 1.87. The Morgan fingerprint density at radius 2 is 2.17 bits per heavy atom. The number of rotatable bonds is 7. The summed E-state index contributed by atoms with van der Waals surface area (Å²) in [5, 5.41) is 11.4. The van der Waals surface area contributed by atoms with Crippen molar-refractivity contribution in [2.75, 3.05) is 25.6 Å². The van der Waals surface area contributed by atoms with Gasteiger partial charge in [-0.05, 0) is 24.3 Å². The number of aromatic nitrogens is 1.